The number of hydrogen-bond donors (Lipinski definition) is 1. The summed E-state index contributed by atoms with van der Waals surface area (Å²) in [5, 5.41) is 13.4. The van der Waals surface area contributed by atoms with Crippen LogP contribution in [0.4, 0.5) is 5.69 Å². The molecule has 1 rings (SSSR count). The van der Waals surface area contributed by atoms with Crippen LogP contribution in [0.15, 0.2) is 18.2 Å². The molecule has 1 N–H and O–H groups in total. The second kappa shape index (κ2) is 5.12. The molecule has 1 amide bonds. The third kappa shape index (κ3) is 2.82. The van der Waals surface area contributed by atoms with Gasteiger partial charge >= 0.3 is 0 Å². The van der Waals surface area contributed by atoms with Gasteiger partial charge in [-0.3, -0.25) is 14.9 Å². The molecule has 1 unspecified atom stereocenters. The standard InChI is InChI=1S/C12H12N2O3/c1-4-9(3)13-12(15)10-7-5-6-8(2)11(10)14(16)17/h1,5-7,9H,2-3H3,(H,13,15). The van der Waals surface area contributed by atoms with Crippen LogP contribution < -0.4 is 5.32 Å². The summed E-state index contributed by atoms with van der Waals surface area (Å²) in [5.41, 5.74) is 0.280. The highest BCUT2D eigenvalue weighted by molar-refractivity contribution is 5.98. The maximum Gasteiger partial charge on any atom is 0.285 e. The Morgan fingerprint density at radius 1 is 1.59 bits per heavy atom. The van der Waals surface area contributed by atoms with Gasteiger partial charge in [-0.15, -0.1) is 6.42 Å². The van der Waals surface area contributed by atoms with E-state index in [1.54, 1.807) is 26.0 Å². The Balaban J connectivity index is 3.15. The summed E-state index contributed by atoms with van der Waals surface area (Å²) in [6.07, 6.45) is 5.13. The molecule has 1 aromatic carbocycles. The van der Waals surface area contributed by atoms with Gasteiger partial charge in [0.1, 0.15) is 5.56 Å². The number of rotatable bonds is 3. The fourth-order valence-corrected chi connectivity index (χ4v) is 1.40. The van der Waals surface area contributed by atoms with Gasteiger partial charge in [0.05, 0.1) is 11.0 Å². The molecule has 0 aliphatic carbocycles. The van der Waals surface area contributed by atoms with Gasteiger partial charge in [0.25, 0.3) is 11.6 Å². The Bertz CT molecular complexity index is 503. The SMILES string of the molecule is C#CC(C)NC(=O)c1cccc(C)c1[N+](=O)[O-]. The summed E-state index contributed by atoms with van der Waals surface area (Å²) in [7, 11) is 0. The molecule has 17 heavy (non-hydrogen) atoms. The van der Waals surface area contributed by atoms with E-state index < -0.39 is 16.9 Å². The van der Waals surface area contributed by atoms with Crippen LogP contribution in [0.3, 0.4) is 0 Å². The van der Waals surface area contributed by atoms with E-state index in [-0.39, 0.29) is 11.3 Å². The van der Waals surface area contributed by atoms with Gasteiger partial charge in [0, 0.05) is 5.56 Å². The molecule has 5 nitrogen and oxygen atoms in total. The Labute approximate surface area is 99.0 Å². The molecule has 0 aromatic heterocycles. The molecule has 0 fully saturated rings. The van der Waals surface area contributed by atoms with Crippen LogP contribution in [0.1, 0.15) is 22.8 Å². The number of nitro benzene ring substituents is 1. The van der Waals surface area contributed by atoms with Crippen molar-refractivity contribution in [1.82, 2.24) is 5.32 Å². The summed E-state index contributed by atoms with van der Waals surface area (Å²) in [6.45, 7) is 3.21. The zero-order valence-corrected chi connectivity index (χ0v) is 9.56. The number of carbonyl (C=O) groups is 1. The van der Waals surface area contributed by atoms with Crippen molar-refractivity contribution in [2.75, 3.05) is 0 Å². The van der Waals surface area contributed by atoms with Crippen molar-refractivity contribution in [3.63, 3.8) is 0 Å². The second-order valence-corrected chi connectivity index (χ2v) is 3.59. The predicted octanol–water partition coefficient (Wildman–Crippen LogP) is 1.65. The van der Waals surface area contributed by atoms with Gasteiger partial charge < -0.3 is 5.32 Å². The van der Waals surface area contributed by atoms with Crippen molar-refractivity contribution < 1.29 is 9.72 Å². The monoisotopic (exact) mass is 232 g/mol. The number of nitro groups is 1. The quantitative estimate of drug-likeness (QED) is 0.489. The number of benzene rings is 1. The molecule has 88 valence electrons. The van der Waals surface area contributed by atoms with Gasteiger partial charge in [-0.2, -0.15) is 0 Å². The zero-order valence-electron chi connectivity index (χ0n) is 9.56. The highest BCUT2D eigenvalue weighted by Crippen LogP contribution is 2.22. The summed E-state index contributed by atoms with van der Waals surface area (Å²) >= 11 is 0. The third-order valence-corrected chi connectivity index (χ3v) is 2.26. The number of para-hydroxylation sites is 1. The minimum Gasteiger partial charge on any atom is -0.338 e. The van der Waals surface area contributed by atoms with Crippen molar-refractivity contribution in [1.29, 1.82) is 0 Å². The lowest BCUT2D eigenvalue weighted by molar-refractivity contribution is -0.385. The normalized spacial score (nSPS) is 11.4. The fraction of sp³-hybridized carbons (Fsp3) is 0.250. The first-order chi connectivity index (χ1) is 7.97. The van der Waals surface area contributed by atoms with Crippen molar-refractivity contribution in [3.05, 3.63) is 39.4 Å². The fourth-order valence-electron chi connectivity index (χ4n) is 1.40. The zero-order chi connectivity index (χ0) is 13.0. The van der Waals surface area contributed by atoms with Crippen LogP contribution in [0.5, 0.6) is 0 Å². The Hall–Kier alpha value is -2.35. The summed E-state index contributed by atoms with van der Waals surface area (Å²) in [5.74, 6) is 1.79. The average Bonchev–Trinajstić information content (AvgIpc) is 2.27. The highest BCUT2D eigenvalue weighted by Gasteiger charge is 2.22. The second-order valence-electron chi connectivity index (χ2n) is 3.59. The Morgan fingerprint density at radius 3 is 2.76 bits per heavy atom. The van der Waals surface area contributed by atoms with Crippen molar-refractivity contribution in [2.24, 2.45) is 0 Å². The molecule has 0 radical (unpaired) electrons. The lowest BCUT2D eigenvalue weighted by Crippen LogP contribution is -2.31. The maximum atomic E-state index is 11.8. The van der Waals surface area contributed by atoms with E-state index in [1.165, 1.54) is 6.07 Å². The summed E-state index contributed by atoms with van der Waals surface area (Å²) in [4.78, 5) is 22.1. The topological polar surface area (TPSA) is 72.2 Å². The minimum atomic E-state index is -0.565. The average molecular weight is 232 g/mol. The van der Waals surface area contributed by atoms with Crippen LogP contribution in [0, 0.1) is 29.4 Å². The molecule has 0 aliphatic rings. The van der Waals surface area contributed by atoms with Crippen LogP contribution in [0.25, 0.3) is 0 Å². The molecular weight excluding hydrogens is 220 g/mol. The number of carbonyl (C=O) groups excluding carboxylic acids is 1. The first-order valence-corrected chi connectivity index (χ1v) is 4.98. The number of aryl methyl sites for hydroxylation is 1. The molecular formula is C12H12N2O3. The first kappa shape index (κ1) is 12.7. The van der Waals surface area contributed by atoms with Crippen molar-refractivity contribution >= 4 is 11.6 Å². The third-order valence-electron chi connectivity index (χ3n) is 2.26. The molecule has 1 atom stereocenters. The first-order valence-electron chi connectivity index (χ1n) is 4.98. The van der Waals surface area contributed by atoms with E-state index in [0.717, 1.165) is 0 Å². The van der Waals surface area contributed by atoms with E-state index >= 15 is 0 Å². The molecule has 0 bridgehead atoms. The smallest absolute Gasteiger partial charge is 0.285 e. The molecule has 0 saturated heterocycles. The van der Waals surface area contributed by atoms with Crippen molar-refractivity contribution in [2.45, 2.75) is 19.9 Å². The van der Waals surface area contributed by atoms with Crippen molar-refractivity contribution in [3.8, 4) is 12.3 Å². The van der Waals surface area contributed by atoms with E-state index in [4.69, 9.17) is 6.42 Å². The van der Waals surface area contributed by atoms with Gasteiger partial charge in [-0.1, -0.05) is 18.1 Å². The number of hydrogen-bond acceptors (Lipinski definition) is 3. The van der Waals surface area contributed by atoms with Gasteiger partial charge in [0.15, 0.2) is 0 Å². The number of nitrogens with one attached hydrogen (secondary N) is 1. The van der Waals surface area contributed by atoms with E-state index in [9.17, 15) is 14.9 Å². The largest absolute Gasteiger partial charge is 0.338 e. The molecule has 0 saturated carbocycles. The van der Waals surface area contributed by atoms with Crippen LogP contribution in [0.2, 0.25) is 0 Å². The van der Waals surface area contributed by atoms with Crippen LogP contribution in [-0.2, 0) is 0 Å². The molecule has 0 spiro atoms. The highest BCUT2D eigenvalue weighted by atomic mass is 16.6. The van der Waals surface area contributed by atoms with Gasteiger partial charge in [0.2, 0.25) is 0 Å². The minimum absolute atomic E-state index is 0.0251. The van der Waals surface area contributed by atoms with E-state index in [2.05, 4.69) is 11.2 Å². The van der Waals surface area contributed by atoms with Crippen LogP contribution in [-0.4, -0.2) is 16.9 Å². The van der Waals surface area contributed by atoms with Crippen LogP contribution >= 0.6 is 0 Å². The molecule has 0 aliphatic heterocycles. The van der Waals surface area contributed by atoms with Gasteiger partial charge in [-0.05, 0) is 19.9 Å². The van der Waals surface area contributed by atoms with Gasteiger partial charge in [-0.25, -0.2) is 0 Å². The summed E-state index contributed by atoms with van der Waals surface area (Å²) < 4.78 is 0. The lowest BCUT2D eigenvalue weighted by Gasteiger charge is -2.08. The van der Waals surface area contributed by atoms with E-state index in [1.807, 2.05) is 0 Å². The number of nitrogens with zero attached hydrogens (tertiary/aromatic N) is 1. The Morgan fingerprint density at radius 2 is 2.24 bits per heavy atom. The predicted molar refractivity (Wildman–Crippen MR) is 63.6 cm³/mol. The molecule has 5 heteroatoms. The Kier molecular flexibility index (Phi) is 3.83. The molecule has 0 heterocycles. The lowest BCUT2D eigenvalue weighted by atomic mass is 10.1. The number of amides is 1. The molecule has 1 aromatic rings. The summed E-state index contributed by atoms with van der Waals surface area (Å²) in [6, 6.07) is 4.11. The maximum absolute atomic E-state index is 11.8. The van der Waals surface area contributed by atoms with E-state index in [0.29, 0.717) is 5.56 Å². The number of terminal acetylenes is 1.